The summed E-state index contributed by atoms with van der Waals surface area (Å²) in [5.41, 5.74) is 6.98. The Kier molecular flexibility index (Phi) is 5.57. The van der Waals surface area contributed by atoms with E-state index in [2.05, 4.69) is 5.32 Å². The molecule has 1 N–H and O–H groups in total. The standard InChI is InChI=1S/C27H27N3O2/c1-17-9-12-20(13-10-17)24-25(28-21-14-11-18(2)19(3)15-21)27(32)30(26(24)31)23-8-6-7-22(16-23)29(4)5/h6-16,28H,1-5H3. The topological polar surface area (TPSA) is 52.7 Å². The highest BCUT2D eigenvalue weighted by molar-refractivity contribution is 6.46. The summed E-state index contributed by atoms with van der Waals surface area (Å²) in [5, 5.41) is 3.25. The Morgan fingerprint density at radius 3 is 2.16 bits per heavy atom. The van der Waals surface area contributed by atoms with Gasteiger partial charge < -0.3 is 10.2 Å². The number of nitrogens with zero attached hydrogens (tertiary/aromatic N) is 2. The number of benzene rings is 3. The molecule has 2 amide bonds. The van der Waals surface area contributed by atoms with Crippen LogP contribution in [-0.2, 0) is 9.59 Å². The van der Waals surface area contributed by atoms with E-state index in [-0.39, 0.29) is 17.5 Å². The van der Waals surface area contributed by atoms with Crippen molar-refractivity contribution in [1.29, 1.82) is 0 Å². The van der Waals surface area contributed by atoms with E-state index in [1.54, 1.807) is 6.07 Å². The molecule has 5 heteroatoms. The molecular formula is C27H27N3O2. The summed E-state index contributed by atoms with van der Waals surface area (Å²) in [6.07, 6.45) is 0. The molecule has 0 saturated heterocycles. The van der Waals surface area contributed by atoms with Crippen LogP contribution in [0.25, 0.3) is 5.57 Å². The molecule has 1 aliphatic rings. The Labute approximate surface area is 189 Å². The van der Waals surface area contributed by atoms with Gasteiger partial charge in [0.1, 0.15) is 5.70 Å². The fourth-order valence-corrected chi connectivity index (χ4v) is 3.74. The molecule has 0 fully saturated rings. The van der Waals surface area contributed by atoms with Crippen LogP contribution in [0, 0.1) is 20.8 Å². The number of anilines is 3. The first-order chi connectivity index (χ1) is 15.3. The minimum atomic E-state index is -0.361. The van der Waals surface area contributed by atoms with Crippen LogP contribution in [-0.4, -0.2) is 25.9 Å². The van der Waals surface area contributed by atoms with Crippen molar-refractivity contribution in [3.8, 4) is 0 Å². The highest BCUT2D eigenvalue weighted by atomic mass is 16.2. The lowest BCUT2D eigenvalue weighted by molar-refractivity contribution is -0.120. The van der Waals surface area contributed by atoms with Gasteiger partial charge in [-0.3, -0.25) is 9.59 Å². The first kappa shape index (κ1) is 21.4. The van der Waals surface area contributed by atoms with Crippen LogP contribution in [0.5, 0.6) is 0 Å². The van der Waals surface area contributed by atoms with Gasteiger partial charge in [-0.25, -0.2) is 4.90 Å². The molecule has 32 heavy (non-hydrogen) atoms. The monoisotopic (exact) mass is 425 g/mol. The van der Waals surface area contributed by atoms with Crippen molar-refractivity contribution in [1.82, 2.24) is 0 Å². The third-order valence-electron chi connectivity index (χ3n) is 5.80. The third kappa shape index (κ3) is 3.89. The number of aryl methyl sites for hydroxylation is 3. The van der Waals surface area contributed by atoms with Gasteiger partial charge in [0.05, 0.1) is 11.3 Å². The normalized spacial score (nSPS) is 13.7. The largest absolute Gasteiger partial charge is 0.378 e. The summed E-state index contributed by atoms with van der Waals surface area (Å²) >= 11 is 0. The quantitative estimate of drug-likeness (QED) is 0.580. The third-order valence-corrected chi connectivity index (χ3v) is 5.80. The van der Waals surface area contributed by atoms with Crippen LogP contribution in [0.15, 0.2) is 72.4 Å². The number of rotatable bonds is 5. The highest BCUT2D eigenvalue weighted by Crippen LogP contribution is 2.35. The van der Waals surface area contributed by atoms with Crippen LogP contribution >= 0.6 is 0 Å². The SMILES string of the molecule is Cc1ccc(C2=C(Nc3ccc(C)c(C)c3)C(=O)N(c3cccc(N(C)C)c3)C2=O)cc1. The molecule has 0 unspecified atom stereocenters. The van der Waals surface area contributed by atoms with E-state index in [0.717, 1.165) is 22.5 Å². The molecule has 1 aliphatic heterocycles. The number of carbonyl (C=O) groups is 2. The van der Waals surface area contributed by atoms with Crippen LogP contribution < -0.4 is 15.1 Å². The molecule has 5 nitrogen and oxygen atoms in total. The van der Waals surface area contributed by atoms with Gasteiger partial charge in [-0.05, 0) is 67.8 Å². The van der Waals surface area contributed by atoms with E-state index in [0.29, 0.717) is 16.8 Å². The molecule has 3 aromatic carbocycles. The lowest BCUT2D eigenvalue weighted by Crippen LogP contribution is -2.32. The molecule has 1 heterocycles. The molecule has 0 saturated carbocycles. The van der Waals surface area contributed by atoms with E-state index in [1.165, 1.54) is 10.5 Å². The van der Waals surface area contributed by atoms with Crippen molar-refractivity contribution in [2.75, 3.05) is 29.2 Å². The molecule has 0 bridgehead atoms. The van der Waals surface area contributed by atoms with Crippen LogP contribution in [0.4, 0.5) is 17.1 Å². The zero-order chi connectivity index (χ0) is 23.0. The van der Waals surface area contributed by atoms with E-state index in [1.807, 2.05) is 100 Å². The van der Waals surface area contributed by atoms with Crippen molar-refractivity contribution in [2.45, 2.75) is 20.8 Å². The van der Waals surface area contributed by atoms with E-state index in [9.17, 15) is 9.59 Å². The molecule has 0 atom stereocenters. The number of hydrogen-bond acceptors (Lipinski definition) is 4. The van der Waals surface area contributed by atoms with E-state index >= 15 is 0 Å². The predicted molar refractivity (Wildman–Crippen MR) is 131 cm³/mol. The lowest BCUT2D eigenvalue weighted by Gasteiger charge is -2.19. The van der Waals surface area contributed by atoms with Gasteiger partial charge in [0.2, 0.25) is 0 Å². The molecule has 4 rings (SSSR count). The summed E-state index contributed by atoms with van der Waals surface area (Å²) in [6.45, 7) is 6.06. The predicted octanol–water partition coefficient (Wildman–Crippen LogP) is 5.07. The Morgan fingerprint density at radius 2 is 1.50 bits per heavy atom. The first-order valence-corrected chi connectivity index (χ1v) is 10.6. The second-order valence-corrected chi connectivity index (χ2v) is 8.40. The molecule has 162 valence electrons. The zero-order valence-corrected chi connectivity index (χ0v) is 19.1. The second kappa shape index (κ2) is 8.35. The van der Waals surface area contributed by atoms with Gasteiger partial charge in [0, 0.05) is 25.5 Å². The molecular weight excluding hydrogens is 398 g/mol. The number of nitrogens with one attached hydrogen (secondary N) is 1. The van der Waals surface area contributed by atoms with Gasteiger partial charge >= 0.3 is 0 Å². The number of carbonyl (C=O) groups excluding carboxylic acids is 2. The number of hydrogen-bond donors (Lipinski definition) is 1. The van der Waals surface area contributed by atoms with E-state index in [4.69, 9.17) is 0 Å². The van der Waals surface area contributed by atoms with Crippen molar-refractivity contribution >= 4 is 34.4 Å². The molecule has 0 radical (unpaired) electrons. The van der Waals surface area contributed by atoms with Crippen molar-refractivity contribution < 1.29 is 9.59 Å². The highest BCUT2D eigenvalue weighted by Gasteiger charge is 2.40. The molecule has 0 aromatic heterocycles. The average Bonchev–Trinajstić information content (AvgIpc) is 3.01. The van der Waals surface area contributed by atoms with Gasteiger partial charge in [-0.2, -0.15) is 0 Å². The fourth-order valence-electron chi connectivity index (χ4n) is 3.74. The van der Waals surface area contributed by atoms with E-state index < -0.39 is 0 Å². The van der Waals surface area contributed by atoms with Crippen LogP contribution in [0.1, 0.15) is 22.3 Å². The van der Waals surface area contributed by atoms with Crippen molar-refractivity contribution in [3.63, 3.8) is 0 Å². The van der Waals surface area contributed by atoms with Gasteiger partial charge in [-0.15, -0.1) is 0 Å². The second-order valence-electron chi connectivity index (χ2n) is 8.40. The maximum absolute atomic E-state index is 13.6. The van der Waals surface area contributed by atoms with Crippen LogP contribution in [0.2, 0.25) is 0 Å². The first-order valence-electron chi connectivity index (χ1n) is 10.6. The minimum absolute atomic E-state index is 0.289. The summed E-state index contributed by atoms with van der Waals surface area (Å²) in [4.78, 5) is 30.4. The van der Waals surface area contributed by atoms with Crippen LogP contribution in [0.3, 0.4) is 0 Å². The van der Waals surface area contributed by atoms with Gasteiger partial charge in [-0.1, -0.05) is 42.0 Å². The molecule has 0 spiro atoms. The summed E-state index contributed by atoms with van der Waals surface area (Å²) in [5.74, 6) is -0.694. The Morgan fingerprint density at radius 1 is 0.781 bits per heavy atom. The lowest BCUT2D eigenvalue weighted by atomic mass is 10.0. The number of amides is 2. The smallest absolute Gasteiger partial charge is 0.282 e. The van der Waals surface area contributed by atoms with Crippen molar-refractivity contribution in [3.05, 3.63) is 94.7 Å². The zero-order valence-electron chi connectivity index (χ0n) is 19.1. The Balaban J connectivity index is 1.82. The minimum Gasteiger partial charge on any atom is -0.378 e. The van der Waals surface area contributed by atoms with Gasteiger partial charge in [0.15, 0.2) is 0 Å². The van der Waals surface area contributed by atoms with Crippen molar-refractivity contribution in [2.24, 2.45) is 0 Å². The molecule has 0 aliphatic carbocycles. The summed E-state index contributed by atoms with van der Waals surface area (Å²) in [6, 6.07) is 21.0. The Bertz CT molecular complexity index is 1240. The average molecular weight is 426 g/mol. The maximum Gasteiger partial charge on any atom is 0.282 e. The number of imide groups is 1. The fraction of sp³-hybridized carbons (Fsp3) is 0.185. The Hall–Kier alpha value is -3.86. The maximum atomic E-state index is 13.6. The molecule has 3 aromatic rings. The van der Waals surface area contributed by atoms with Gasteiger partial charge in [0.25, 0.3) is 11.8 Å². The summed E-state index contributed by atoms with van der Waals surface area (Å²) in [7, 11) is 3.85. The summed E-state index contributed by atoms with van der Waals surface area (Å²) < 4.78 is 0.